The molecule has 1 rings (SSSR count). The number of hydrogen-bond donors (Lipinski definition) is 3. The van der Waals surface area contributed by atoms with Gasteiger partial charge in [-0.15, -0.1) is 0 Å². The number of para-hydroxylation sites is 1. The van der Waals surface area contributed by atoms with Crippen molar-refractivity contribution in [2.45, 2.75) is 45.4 Å². The van der Waals surface area contributed by atoms with Crippen LogP contribution in [0.25, 0.3) is 0 Å². The monoisotopic (exact) mass is 379 g/mol. The number of amides is 2. The van der Waals surface area contributed by atoms with Gasteiger partial charge in [-0.3, -0.25) is 9.59 Å². The SMILES string of the molecule is CCCCCCCC(=O)NC(=S)Nc1ccccc1C(=O)NCCOC. The lowest BCUT2D eigenvalue weighted by Gasteiger charge is -2.13. The first-order chi connectivity index (χ1) is 12.6. The topological polar surface area (TPSA) is 79.5 Å². The lowest BCUT2D eigenvalue weighted by molar-refractivity contribution is -0.119. The fraction of sp³-hybridized carbons (Fsp3) is 0.526. The number of benzene rings is 1. The van der Waals surface area contributed by atoms with E-state index in [0.29, 0.717) is 30.8 Å². The van der Waals surface area contributed by atoms with Gasteiger partial charge in [0.1, 0.15) is 0 Å². The number of nitrogens with one attached hydrogen (secondary N) is 3. The van der Waals surface area contributed by atoms with Gasteiger partial charge >= 0.3 is 0 Å². The molecule has 26 heavy (non-hydrogen) atoms. The van der Waals surface area contributed by atoms with Gasteiger partial charge in [-0.1, -0.05) is 44.7 Å². The number of methoxy groups -OCH3 is 1. The highest BCUT2D eigenvalue weighted by Gasteiger charge is 2.12. The molecule has 0 radical (unpaired) electrons. The maximum atomic E-state index is 12.2. The minimum atomic E-state index is -0.227. The predicted molar refractivity (Wildman–Crippen MR) is 108 cm³/mol. The maximum Gasteiger partial charge on any atom is 0.253 e. The molecule has 3 N–H and O–H groups in total. The molecular weight excluding hydrogens is 350 g/mol. The van der Waals surface area contributed by atoms with E-state index in [4.69, 9.17) is 17.0 Å². The van der Waals surface area contributed by atoms with Crippen LogP contribution < -0.4 is 16.0 Å². The van der Waals surface area contributed by atoms with E-state index >= 15 is 0 Å². The third kappa shape index (κ3) is 8.92. The Morgan fingerprint density at radius 3 is 2.58 bits per heavy atom. The van der Waals surface area contributed by atoms with E-state index in [1.165, 1.54) is 12.8 Å². The van der Waals surface area contributed by atoms with Crippen LogP contribution in [0, 0.1) is 0 Å². The summed E-state index contributed by atoms with van der Waals surface area (Å²) in [5.41, 5.74) is 1.01. The lowest BCUT2D eigenvalue weighted by atomic mass is 10.1. The predicted octanol–water partition coefficient (Wildman–Crippen LogP) is 3.24. The van der Waals surface area contributed by atoms with Crippen LogP contribution in [0.1, 0.15) is 55.8 Å². The molecule has 0 aliphatic carbocycles. The minimum absolute atomic E-state index is 0.110. The van der Waals surface area contributed by atoms with Gasteiger partial charge in [-0.2, -0.15) is 0 Å². The average molecular weight is 380 g/mol. The molecule has 6 nitrogen and oxygen atoms in total. The maximum absolute atomic E-state index is 12.2. The quantitative estimate of drug-likeness (QED) is 0.406. The Bertz CT molecular complexity index is 593. The third-order valence-corrected chi connectivity index (χ3v) is 3.98. The zero-order chi connectivity index (χ0) is 19.2. The molecule has 0 saturated heterocycles. The summed E-state index contributed by atoms with van der Waals surface area (Å²) in [7, 11) is 1.58. The molecule has 1 aromatic carbocycles. The van der Waals surface area contributed by atoms with Crippen molar-refractivity contribution in [1.29, 1.82) is 0 Å². The number of ether oxygens (including phenoxy) is 1. The van der Waals surface area contributed by atoms with E-state index in [9.17, 15) is 9.59 Å². The number of anilines is 1. The Hall–Kier alpha value is -1.99. The first-order valence-electron chi connectivity index (χ1n) is 9.05. The largest absolute Gasteiger partial charge is 0.383 e. The van der Waals surface area contributed by atoms with Crippen LogP contribution in [0.4, 0.5) is 5.69 Å². The number of thiocarbonyl (C=S) groups is 1. The molecule has 0 fully saturated rings. The molecule has 144 valence electrons. The second-order valence-corrected chi connectivity index (χ2v) is 6.37. The molecule has 0 atom stereocenters. The smallest absolute Gasteiger partial charge is 0.253 e. The second kappa shape index (κ2) is 13.2. The number of carbonyl (C=O) groups excluding carboxylic acids is 2. The van der Waals surface area contributed by atoms with Crippen molar-refractivity contribution >= 4 is 34.8 Å². The van der Waals surface area contributed by atoms with Crippen LogP contribution in [0.2, 0.25) is 0 Å². The molecule has 0 aliphatic heterocycles. The molecule has 2 amide bonds. The van der Waals surface area contributed by atoms with E-state index in [2.05, 4.69) is 22.9 Å². The Kier molecular flexibility index (Phi) is 11.2. The van der Waals surface area contributed by atoms with Gasteiger partial charge in [0, 0.05) is 20.1 Å². The highest BCUT2D eigenvalue weighted by atomic mass is 32.1. The Labute approximate surface area is 161 Å². The zero-order valence-corrected chi connectivity index (χ0v) is 16.4. The van der Waals surface area contributed by atoms with E-state index < -0.39 is 0 Å². The van der Waals surface area contributed by atoms with Crippen LogP contribution in [0.3, 0.4) is 0 Å². The van der Waals surface area contributed by atoms with E-state index in [0.717, 1.165) is 19.3 Å². The first-order valence-corrected chi connectivity index (χ1v) is 9.46. The molecule has 0 aromatic heterocycles. The van der Waals surface area contributed by atoms with Crippen molar-refractivity contribution in [1.82, 2.24) is 10.6 Å². The van der Waals surface area contributed by atoms with Crippen molar-refractivity contribution in [2.75, 3.05) is 25.6 Å². The summed E-state index contributed by atoms with van der Waals surface area (Å²) in [5.74, 6) is -0.337. The van der Waals surface area contributed by atoms with E-state index in [1.807, 2.05) is 0 Å². The highest BCUT2D eigenvalue weighted by molar-refractivity contribution is 7.80. The van der Waals surface area contributed by atoms with Crippen molar-refractivity contribution in [3.63, 3.8) is 0 Å². The summed E-state index contributed by atoms with van der Waals surface area (Å²) < 4.78 is 4.92. The van der Waals surface area contributed by atoms with Crippen molar-refractivity contribution in [3.8, 4) is 0 Å². The van der Waals surface area contributed by atoms with Gasteiger partial charge < -0.3 is 20.7 Å². The summed E-state index contributed by atoms with van der Waals surface area (Å²) in [6, 6.07) is 7.01. The Morgan fingerprint density at radius 2 is 1.85 bits per heavy atom. The molecule has 0 unspecified atom stereocenters. The van der Waals surface area contributed by atoms with Crippen molar-refractivity contribution in [2.24, 2.45) is 0 Å². The fourth-order valence-corrected chi connectivity index (χ4v) is 2.61. The van der Waals surface area contributed by atoms with Gasteiger partial charge in [0.25, 0.3) is 5.91 Å². The number of hydrogen-bond acceptors (Lipinski definition) is 4. The van der Waals surface area contributed by atoms with E-state index in [1.54, 1.807) is 31.4 Å². The Morgan fingerprint density at radius 1 is 1.12 bits per heavy atom. The van der Waals surface area contributed by atoms with E-state index in [-0.39, 0.29) is 16.9 Å². The van der Waals surface area contributed by atoms with Gasteiger partial charge in [0.05, 0.1) is 17.9 Å². The van der Waals surface area contributed by atoms with Gasteiger partial charge in [0.2, 0.25) is 5.91 Å². The van der Waals surface area contributed by atoms with Crippen LogP contribution >= 0.6 is 12.2 Å². The van der Waals surface area contributed by atoms with Gasteiger partial charge in [-0.05, 0) is 30.8 Å². The molecule has 0 spiro atoms. The molecular formula is C19H29N3O3S. The summed E-state index contributed by atoms with van der Waals surface area (Å²) in [5, 5.41) is 8.56. The van der Waals surface area contributed by atoms with Gasteiger partial charge in [0.15, 0.2) is 5.11 Å². The highest BCUT2D eigenvalue weighted by Crippen LogP contribution is 2.15. The minimum Gasteiger partial charge on any atom is -0.383 e. The standard InChI is InChI=1S/C19H29N3O3S/c1-3-4-5-6-7-12-17(23)22-19(26)21-16-11-9-8-10-15(16)18(24)20-13-14-25-2/h8-11H,3-7,12-14H2,1-2H3,(H,20,24)(H2,21,22,23,26). The van der Waals surface area contributed by atoms with Crippen LogP contribution in [0.15, 0.2) is 24.3 Å². The van der Waals surface area contributed by atoms with Crippen LogP contribution in [-0.2, 0) is 9.53 Å². The molecule has 0 aliphatic rings. The normalized spacial score (nSPS) is 10.2. The van der Waals surface area contributed by atoms with Gasteiger partial charge in [-0.25, -0.2) is 0 Å². The molecule has 7 heteroatoms. The zero-order valence-electron chi connectivity index (χ0n) is 15.6. The number of rotatable bonds is 11. The molecule has 0 bridgehead atoms. The summed E-state index contributed by atoms with van der Waals surface area (Å²) >= 11 is 5.19. The summed E-state index contributed by atoms with van der Waals surface area (Å²) in [6.45, 7) is 3.02. The number of carbonyl (C=O) groups is 2. The lowest BCUT2D eigenvalue weighted by Crippen LogP contribution is -2.35. The van der Waals surface area contributed by atoms with Crippen LogP contribution in [-0.4, -0.2) is 37.2 Å². The summed E-state index contributed by atoms with van der Waals surface area (Å²) in [6.07, 6.45) is 5.88. The number of unbranched alkanes of at least 4 members (excludes halogenated alkanes) is 4. The molecule has 0 heterocycles. The van der Waals surface area contributed by atoms with Crippen molar-refractivity contribution < 1.29 is 14.3 Å². The second-order valence-electron chi connectivity index (χ2n) is 5.96. The molecule has 0 saturated carbocycles. The Balaban J connectivity index is 2.48. The van der Waals surface area contributed by atoms with Crippen molar-refractivity contribution in [3.05, 3.63) is 29.8 Å². The average Bonchev–Trinajstić information content (AvgIpc) is 2.62. The third-order valence-electron chi connectivity index (χ3n) is 3.77. The summed E-state index contributed by atoms with van der Waals surface area (Å²) in [4.78, 5) is 24.2. The molecule has 1 aromatic rings. The fourth-order valence-electron chi connectivity index (χ4n) is 2.38. The van der Waals surface area contributed by atoms with Crippen LogP contribution in [0.5, 0.6) is 0 Å². The first kappa shape index (κ1) is 22.1.